The number of aliphatic imine (C=N–C) groups is 1. The molecule has 1 amide bonds. The second kappa shape index (κ2) is 10.1. The molecule has 1 unspecified atom stereocenters. The molecule has 0 bridgehead atoms. The molecule has 1 aliphatic heterocycles. The zero-order valence-corrected chi connectivity index (χ0v) is 22.7. The maximum absolute atomic E-state index is 13.9. The predicted molar refractivity (Wildman–Crippen MR) is 142 cm³/mol. The molecule has 0 saturated heterocycles. The summed E-state index contributed by atoms with van der Waals surface area (Å²) < 4.78 is 6.44. The van der Waals surface area contributed by atoms with Gasteiger partial charge in [0.15, 0.2) is 8.32 Å². The summed E-state index contributed by atoms with van der Waals surface area (Å²) in [7, 11) is -1.92. The smallest absolute Gasteiger partial charge is 0.252 e. The Morgan fingerprint density at radius 3 is 2.42 bits per heavy atom. The first-order chi connectivity index (χ1) is 15.5. The standard InChI is InChI=1S/C27H37ClN2O2Si/c1-8-19(2)24-26(31)30(16-17-32-33(6,7)27(3,4)5)23-15-14-21(28)18-22(23)25(29-24)20-12-10-9-11-13-20/h9-15,18-19,24H,8,16-17H2,1-7H3/t19-,24?/m0/s1. The molecule has 0 aliphatic carbocycles. The largest absolute Gasteiger partial charge is 0.415 e. The van der Waals surface area contributed by atoms with Crippen LogP contribution in [0.3, 0.4) is 0 Å². The molecule has 0 spiro atoms. The molecule has 0 radical (unpaired) electrons. The fourth-order valence-electron chi connectivity index (χ4n) is 3.73. The summed E-state index contributed by atoms with van der Waals surface area (Å²) in [5.41, 5.74) is 3.54. The molecule has 2 atom stereocenters. The van der Waals surface area contributed by atoms with E-state index < -0.39 is 14.4 Å². The topological polar surface area (TPSA) is 41.9 Å². The summed E-state index contributed by atoms with van der Waals surface area (Å²) in [6, 6.07) is 15.3. The van der Waals surface area contributed by atoms with E-state index in [-0.39, 0.29) is 16.9 Å². The number of benzene rings is 2. The molecule has 2 aromatic carbocycles. The fourth-order valence-corrected chi connectivity index (χ4v) is 4.94. The normalized spacial score (nSPS) is 17.9. The van der Waals surface area contributed by atoms with Crippen LogP contribution in [0.2, 0.25) is 23.2 Å². The van der Waals surface area contributed by atoms with Gasteiger partial charge in [-0.1, -0.05) is 83.0 Å². The summed E-state index contributed by atoms with van der Waals surface area (Å²) in [5.74, 6) is 0.141. The van der Waals surface area contributed by atoms with Gasteiger partial charge in [0.25, 0.3) is 5.91 Å². The summed E-state index contributed by atoms with van der Waals surface area (Å²) in [5, 5.41) is 0.744. The van der Waals surface area contributed by atoms with Crippen LogP contribution in [0.15, 0.2) is 53.5 Å². The second-order valence-electron chi connectivity index (χ2n) is 10.4. The summed E-state index contributed by atoms with van der Waals surface area (Å²) in [6.45, 7) is 16.4. The highest BCUT2D eigenvalue weighted by atomic mass is 35.5. The zero-order valence-electron chi connectivity index (χ0n) is 21.0. The Morgan fingerprint density at radius 1 is 1.15 bits per heavy atom. The monoisotopic (exact) mass is 484 g/mol. The Labute approximate surface area is 205 Å². The van der Waals surface area contributed by atoms with Crippen LogP contribution in [0.4, 0.5) is 5.69 Å². The van der Waals surface area contributed by atoms with Gasteiger partial charge in [-0.2, -0.15) is 0 Å². The lowest BCUT2D eigenvalue weighted by Crippen LogP contribution is -2.46. The average molecular weight is 485 g/mol. The van der Waals surface area contributed by atoms with Gasteiger partial charge in [-0.15, -0.1) is 0 Å². The number of carbonyl (C=O) groups is 1. The van der Waals surface area contributed by atoms with E-state index in [1.54, 1.807) is 0 Å². The Balaban J connectivity index is 2.06. The molecule has 0 saturated carbocycles. The van der Waals surface area contributed by atoms with Crippen molar-refractivity contribution in [2.24, 2.45) is 10.9 Å². The maximum Gasteiger partial charge on any atom is 0.252 e. The molecule has 33 heavy (non-hydrogen) atoms. The fraction of sp³-hybridized carbons (Fsp3) is 0.481. The number of anilines is 1. The van der Waals surface area contributed by atoms with Crippen LogP contribution in [0, 0.1) is 5.92 Å². The van der Waals surface area contributed by atoms with Crippen LogP contribution in [0.25, 0.3) is 0 Å². The van der Waals surface area contributed by atoms with Crippen molar-refractivity contribution in [1.82, 2.24) is 0 Å². The number of hydrogen-bond donors (Lipinski definition) is 0. The van der Waals surface area contributed by atoms with E-state index in [1.165, 1.54) is 0 Å². The number of nitrogens with zero attached hydrogens (tertiary/aromatic N) is 2. The third-order valence-corrected chi connectivity index (χ3v) is 11.9. The molecule has 178 valence electrons. The van der Waals surface area contributed by atoms with Crippen molar-refractivity contribution in [3.05, 3.63) is 64.7 Å². The van der Waals surface area contributed by atoms with Crippen molar-refractivity contribution in [2.75, 3.05) is 18.1 Å². The number of amides is 1. The first kappa shape index (κ1) is 25.7. The lowest BCUT2D eigenvalue weighted by Gasteiger charge is -2.37. The zero-order chi connectivity index (χ0) is 24.4. The molecule has 0 aromatic heterocycles. The molecule has 2 aromatic rings. The molecule has 6 heteroatoms. The minimum Gasteiger partial charge on any atom is -0.415 e. The summed E-state index contributed by atoms with van der Waals surface area (Å²) in [4.78, 5) is 20.8. The van der Waals surface area contributed by atoms with Crippen LogP contribution in [-0.4, -0.2) is 39.1 Å². The van der Waals surface area contributed by atoms with Gasteiger partial charge in [0.1, 0.15) is 6.04 Å². The molecule has 0 N–H and O–H groups in total. The van der Waals surface area contributed by atoms with Crippen LogP contribution in [-0.2, 0) is 9.22 Å². The van der Waals surface area contributed by atoms with Crippen LogP contribution in [0.5, 0.6) is 0 Å². The van der Waals surface area contributed by atoms with Gasteiger partial charge in [0.2, 0.25) is 0 Å². The lowest BCUT2D eigenvalue weighted by molar-refractivity contribution is -0.120. The van der Waals surface area contributed by atoms with E-state index in [0.717, 1.165) is 28.9 Å². The van der Waals surface area contributed by atoms with Crippen molar-refractivity contribution >= 4 is 37.2 Å². The lowest BCUT2D eigenvalue weighted by atomic mass is 9.98. The molecule has 3 rings (SSSR count). The SMILES string of the molecule is CC[C@H](C)C1N=C(c2ccccc2)c2cc(Cl)ccc2N(CCO[Si](C)(C)C(C)(C)C)C1=O. The van der Waals surface area contributed by atoms with E-state index in [2.05, 4.69) is 47.7 Å². The van der Waals surface area contributed by atoms with Gasteiger partial charge >= 0.3 is 0 Å². The van der Waals surface area contributed by atoms with Gasteiger partial charge < -0.3 is 9.33 Å². The number of benzodiazepines with no additional fused rings is 1. The predicted octanol–water partition coefficient (Wildman–Crippen LogP) is 6.96. The number of carbonyl (C=O) groups excluding carboxylic acids is 1. The quantitative estimate of drug-likeness (QED) is 0.398. The Morgan fingerprint density at radius 2 is 1.82 bits per heavy atom. The van der Waals surface area contributed by atoms with Crippen LogP contribution in [0.1, 0.15) is 52.2 Å². The van der Waals surface area contributed by atoms with E-state index in [1.807, 2.05) is 53.4 Å². The van der Waals surface area contributed by atoms with Crippen molar-refractivity contribution in [3.63, 3.8) is 0 Å². The minimum absolute atomic E-state index is 0.0256. The second-order valence-corrected chi connectivity index (χ2v) is 15.7. The van der Waals surface area contributed by atoms with Crippen molar-refractivity contribution in [1.29, 1.82) is 0 Å². The Bertz CT molecular complexity index is 1010. The van der Waals surface area contributed by atoms with E-state index in [9.17, 15) is 4.79 Å². The minimum atomic E-state index is -1.92. The van der Waals surface area contributed by atoms with E-state index >= 15 is 0 Å². The van der Waals surface area contributed by atoms with Crippen molar-refractivity contribution in [2.45, 2.75) is 65.2 Å². The van der Waals surface area contributed by atoms with Gasteiger partial charge in [0.05, 0.1) is 18.0 Å². The van der Waals surface area contributed by atoms with Crippen molar-refractivity contribution < 1.29 is 9.22 Å². The van der Waals surface area contributed by atoms with Gasteiger partial charge in [-0.05, 0) is 42.2 Å². The molecule has 1 heterocycles. The summed E-state index contributed by atoms with van der Waals surface area (Å²) in [6.07, 6.45) is 0.868. The van der Waals surface area contributed by atoms with E-state index in [4.69, 9.17) is 21.0 Å². The molecular formula is C27H37ClN2O2Si. The van der Waals surface area contributed by atoms with Crippen LogP contribution < -0.4 is 4.90 Å². The Hall–Kier alpha value is -1.95. The third kappa shape index (κ3) is 5.59. The first-order valence-electron chi connectivity index (χ1n) is 11.8. The molecular weight excluding hydrogens is 448 g/mol. The highest BCUT2D eigenvalue weighted by Crippen LogP contribution is 2.37. The maximum atomic E-state index is 13.9. The highest BCUT2D eigenvalue weighted by Gasteiger charge is 2.38. The van der Waals surface area contributed by atoms with Gasteiger partial charge in [-0.25, -0.2) is 0 Å². The summed E-state index contributed by atoms with van der Waals surface area (Å²) >= 11 is 6.43. The first-order valence-corrected chi connectivity index (χ1v) is 15.1. The number of rotatable bonds is 7. The highest BCUT2D eigenvalue weighted by molar-refractivity contribution is 6.74. The molecule has 4 nitrogen and oxygen atoms in total. The number of halogens is 1. The van der Waals surface area contributed by atoms with E-state index in [0.29, 0.717) is 18.2 Å². The molecule has 1 aliphatic rings. The number of fused-ring (bicyclic) bond motifs is 1. The number of hydrogen-bond acceptors (Lipinski definition) is 3. The Kier molecular flexibility index (Phi) is 7.87. The van der Waals surface area contributed by atoms with Crippen molar-refractivity contribution in [3.8, 4) is 0 Å². The van der Waals surface area contributed by atoms with Crippen LogP contribution >= 0.6 is 11.6 Å². The third-order valence-electron chi connectivity index (χ3n) is 7.11. The molecule has 0 fully saturated rings. The van der Waals surface area contributed by atoms with Gasteiger partial charge in [-0.3, -0.25) is 9.79 Å². The van der Waals surface area contributed by atoms with Gasteiger partial charge in [0, 0.05) is 22.7 Å². The average Bonchev–Trinajstić information content (AvgIpc) is 2.87.